The Morgan fingerprint density at radius 3 is 2.46 bits per heavy atom. The van der Waals surface area contributed by atoms with Gasteiger partial charge in [-0.05, 0) is 13.3 Å². The van der Waals surface area contributed by atoms with Crippen molar-refractivity contribution in [3.05, 3.63) is 0 Å². The lowest BCUT2D eigenvalue weighted by molar-refractivity contribution is -0.146. The number of nitrogens with one attached hydrogen (secondary N) is 1. The number of terminal acetylenes is 1. The van der Waals surface area contributed by atoms with Gasteiger partial charge in [-0.25, -0.2) is 4.79 Å². The average molecular weight is 183 g/mol. The monoisotopic (exact) mass is 183 g/mol. The summed E-state index contributed by atoms with van der Waals surface area (Å²) in [4.78, 5) is 21.7. The Bertz CT molecular complexity index is 254. The maximum Gasteiger partial charge on any atom is 0.329 e. The van der Waals surface area contributed by atoms with Crippen molar-refractivity contribution in [3.8, 4) is 12.3 Å². The van der Waals surface area contributed by atoms with E-state index < -0.39 is 17.4 Å². The summed E-state index contributed by atoms with van der Waals surface area (Å²) in [5.74, 6) is 0.657. The Morgan fingerprint density at radius 2 is 2.15 bits per heavy atom. The molecule has 0 fully saturated rings. The SMILES string of the molecule is C#CCC(=O)NC(C)(CC)C(=O)O. The largest absolute Gasteiger partial charge is 0.480 e. The first-order valence-corrected chi connectivity index (χ1v) is 3.94. The summed E-state index contributed by atoms with van der Waals surface area (Å²) in [5, 5.41) is 11.1. The molecular weight excluding hydrogens is 170 g/mol. The summed E-state index contributed by atoms with van der Waals surface area (Å²) in [6, 6.07) is 0. The smallest absolute Gasteiger partial charge is 0.329 e. The Labute approximate surface area is 77.3 Å². The number of rotatable bonds is 4. The van der Waals surface area contributed by atoms with Gasteiger partial charge >= 0.3 is 5.97 Å². The van der Waals surface area contributed by atoms with E-state index in [0.717, 1.165) is 0 Å². The van der Waals surface area contributed by atoms with Crippen LogP contribution in [-0.2, 0) is 9.59 Å². The van der Waals surface area contributed by atoms with E-state index >= 15 is 0 Å². The summed E-state index contributed by atoms with van der Waals surface area (Å²) < 4.78 is 0. The molecule has 0 aromatic rings. The number of hydrogen-bond donors (Lipinski definition) is 2. The van der Waals surface area contributed by atoms with Crippen LogP contribution in [0.4, 0.5) is 0 Å². The number of carbonyl (C=O) groups is 2. The normalized spacial score (nSPS) is 13.9. The third-order valence-electron chi connectivity index (χ3n) is 1.86. The molecule has 0 spiro atoms. The summed E-state index contributed by atoms with van der Waals surface area (Å²) in [7, 11) is 0. The van der Waals surface area contributed by atoms with Crippen LogP contribution in [-0.4, -0.2) is 22.5 Å². The molecule has 0 aliphatic rings. The predicted molar refractivity (Wildman–Crippen MR) is 47.9 cm³/mol. The van der Waals surface area contributed by atoms with Crippen molar-refractivity contribution < 1.29 is 14.7 Å². The minimum Gasteiger partial charge on any atom is -0.480 e. The van der Waals surface area contributed by atoms with Crippen LogP contribution in [0, 0.1) is 12.3 Å². The van der Waals surface area contributed by atoms with E-state index in [0.29, 0.717) is 6.42 Å². The summed E-state index contributed by atoms with van der Waals surface area (Å²) in [6.07, 6.45) is 5.13. The molecule has 0 radical (unpaired) electrons. The quantitative estimate of drug-likeness (QED) is 0.619. The number of carboxylic acids is 1. The molecule has 0 aliphatic heterocycles. The Balaban J connectivity index is 4.38. The molecule has 0 aromatic carbocycles. The molecule has 0 aromatic heterocycles. The van der Waals surface area contributed by atoms with Gasteiger partial charge in [-0.2, -0.15) is 0 Å². The lowest BCUT2D eigenvalue weighted by atomic mass is 9.99. The van der Waals surface area contributed by atoms with Crippen LogP contribution in [0.2, 0.25) is 0 Å². The van der Waals surface area contributed by atoms with Gasteiger partial charge in [0, 0.05) is 0 Å². The Hall–Kier alpha value is -1.50. The van der Waals surface area contributed by atoms with Crippen molar-refractivity contribution in [1.82, 2.24) is 5.32 Å². The maximum atomic E-state index is 11.0. The fraction of sp³-hybridized carbons (Fsp3) is 0.556. The van der Waals surface area contributed by atoms with Gasteiger partial charge in [-0.1, -0.05) is 12.8 Å². The first kappa shape index (κ1) is 11.5. The van der Waals surface area contributed by atoms with Gasteiger partial charge in [0.25, 0.3) is 0 Å². The zero-order valence-electron chi connectivity index (χ0n) is 7.76. The van der Waals surface area contributed by atoms with Crippen molar-refractivity contribution in [2.75, 3.05) is 0 Å². The molecule has 0 aliphatic carbocycles. The Kier molecular flexibility index (Phi) is 3.99. The first-order chi connectivity index (χ1) is 5.96. The molecule has 1 amide bonds. The van der Waals surface area contributed by atoms with Crippen molar-refractivity contribution in [1.29, 1.82) is 0 Å². The molecule has 1 atom stereocenters. The standard InChI is InChI=1S/C9H13NO3/c1-4-6-7(11)10-9(3,5-2)8(12)13/h1H,5-6H2,2-3H3,(H,10,11)(H,12,13). The highest BCUT2D eigenvalue weighted by Crippen LogP contribution is 2.09. The van der Waals surface area contributed by atoms with Crippen molar-refractivity contribution >= 4 is 11.9 Å². The highest BCUT2D eigenvalue weighted by Gasteiger charge is 2.32. The number of amides is 1. The van der Waals surface area contributed by atoms with Crippen molar-refractivity contribution in [3.63, 3.8) is 0 Å². The minimum absolute atomic E-state index is 0.0944. The first-order valence-electron chi connectivity index (χ1n) is 3.94. The van der Waals surface area contributed by atoms with Crippen LogP contribution in [0.15, 0.2) is 0 Å². The number of hydrogen-bond acceptors (Lipinski definition) is 2. The third kappa shape index (κ3) is 3.16. The van der Waals surface area contributed by atoms with E-state index in [9.17, 15) is 9.59 Å². The molecule has 1 unspecified atom stereocenters. The molecule has 0 saturated carbocycles. The van der Waals surface area contributed by atoms with Gasteiger partial charge in [-0.3, -0.25) is 4.79 Å². The fourth-order valence-corrected chi connectivity index (χ4v) is 0.738. The second-order valence-electron chi connectivity index (χ2n) is 2.92. The van der Waals surface area contributed by atoms with Gasteiger partial charge in [0.1, 0.15) is 5.54 Å². The van der Waals surface area contributed by atoms with Crippen LogP contribution in [0.25, 0.3) is 0 Å². The summed E-state index contributed by atoms with van der Waals surface area (Å²) in [5.41, 5.74) is -1.21. The van der Waals surface area contributed by atoms with Crippen LogP contribution < -0.4 is 5.32 Å². The van der Waals surface area contributed by atoms with Gasteiger partial charge in [0.05, 0.1) is 6.42 Å². The van der Waals surface area contributed by atoms with E-state index in [4.69, 9.17) is 11.5 Å². The maximum absolute atomic E-state index is 11.0. The lowest BCUT2D eigenvalue weighted by Crippen LogP contribution is -2.51. The molecule has 2 N–H and O–H groups in total. The van der Waals surface area contributed by atoms with Gasteiger partial charge in [0.2, 0.25) is 5.91 Å². The molecule has 72 valence electrons. The van der Waals surface area contributed by atoms with Gasteiger partial charge in [0.15, 0.2) is 0 Å². The fourth-order valence-electron chi connectivity index (χ4n) is 0.738. The molecular formula is C9H13NO3. The van der Waals surface area contributed by atoms with Crippen molar-refractivity contribution in [2.24, 2.45) is 0 Å². The van der Waals surface area contributed by atoms with Crippen molar-refractivity contribution in [2.45, 2.75) is 32.2 Å². The van der Waals surface area contributed by atoms with Gasteiger partial charge < -0.3 is 10.4 Å². The van der Waals surface area contributed by atoms with Crippen LogP contribution in [0.3, 0.4) is 0 Å². The van der Waals surface area contributed by atoms with Crippen LogP contribution in [0.1, 0.15) is 26.7 Å². The van der Waals surface area contributed by atoms with Gasteiger partial charge in [-0.15, -0.1) is 6.42 Å². The summed E-state index contributed by atoms with van der Waals surface area (Å²) in [6.45, 7) is 3.13. The minimum atomic E-state index is -1.21. The number of aliphatic carboxylic acids is 1. The second-order valence-corrected chi connectivity index (χ2v) is 2.92. The summed E-state index contributed by atoms with van der Waals surface area (Å²) >= 11 is 0. The predicted octanol–water partition coefficient (Wildman–Crippen LogP) is 0.379. The molecule has 0 heterocycles. The van der Waals surface area contributed by atoms with E-state index in [2.05, 4.69) is 11.2 Å². The van der Waals surface area contributed by atoms with E-state index in [1.54, 1.807) is 6.92 Å². The number of carboxylic acid groups (broad SMARTS) is 1. The highest BCUT2D eigenvalue weighted by molar-refractivity contribution is 5.87. The molecule has 4 heteroatoms. The second kappa shape index (κ2) is 4.51. The lowest BCUT2D eigenvalue weighted by Gasteiger charge is -2.23. The zero-order valence-corrected chi connectivity index (χ0v) is 7.76. The molecule has 0 rings (SSSR count). The number of carbonyl (C=O) groups excluding carboxylic acids is 1. The third-order valence-corrected chi connectivity index (χ3v) is 1.86. The Morgan fingerprint density at radius 1 is 1.62 bits per heavy atom. The van der Waals surface area contributed by atoms with Crippen LogP contribution in [0.5, 0.6) is 0 Å². The van der Waals surface area contributed by atoms with E-state index in [-0.39, 0.29) is 6.42 Å². The average Bonchev–Trinajstić information content (AvgIpc) is 2.04. The van der Waals surface area contributed by atoms with E-state index in [1.807, 2.05) is 0 Å². The molecule has 13 heavy (non-hydrogen) atoms. The molecule has 0 saturated heterocycles. The van der Waals surface area contributed by atoms with E-state index in [1.165, 1.54) is 6.92 Å². The van der Waals surface area contributed by atoms with Crippen LogP contribution >= 0.6 is 0 Å². The topological polar surface area (TPSA) is 66.4 Å². The molecule has 4 nitrogen and oxygen atoms in total. The zero-order chi connectivity index (χ0) is 10.5. The highest BCUT2D eigenvalue weighted by atomic mass is 16.4. The molecule has 0 bridgehead atoms.